The summed E-state index contributed by atoms with van der Waals surface area (Å²) in [4.78, 5) is 13.3. The molecule has 0 saturated carbocycles. The van der Waals surface area contributed by atoms with Gasteiger partial charge >= 0.3 is 0 Å². The summed E-state index contributed by atoms with van der Waals surface area (Å²) in [6.45, 7) is 6.04. The number of tetrazole rings is 1. The van der Waals surface area contributed by atoms with Crippen molar-refractivity contribution < 1.29 is 4.79 Å². The third-order valence-electron chi connectivity index (χ3n) is 3.21. The van der Waals surface area contributed by atoms with E-state index in [1.807, 2.05) is 45.0 Å². The first-order valence-corrected chi connectivity index (χ1v) is 7.54. The van der Waals surface area contributed by atoms with Crippen LogP contribution in [0.1, 0.15) is 27.2 Å². The Labute approximate surface area is 132 Å². The molecule has 1 heterocycles. The first kappa shape index (κ1) is 15.6. The molecule has 1 aromatic carbocycles. The molecule has 1 amide bonds. The third kappa shape index (κ3) is 4.10. The molecule has 1 N–H and O–H groups in total. The highest BCUT2D eigenvalue weighted by Gasteiger charge is 2.19. The van der Waals surface area contributed by atoms with Crippen molar-refractivity contribution in [1.29, 1.82) is 0 Å². The van der Waals surface area contributed by atoms with Gasteiger partial charge in [-0.3, -0.25) is 4.79 Å². The lowest BCUT2D eigenvalue weighted by atomic mass is 10.0. The molecule has 0 spiro atoms. The molecule has 0 radical (unpaired) electrons. The summed E-state index contributed by atoms with van der Waals surface area (Å²) < 4.78 is 0.890. The van der Waals surface area contributed by atoms with Crippen molar-refractivity contribution in [2.75, 3.05) is 0 Å². The number of nitrogens with zero attached hydrogens (tertiary/aromatic N) is 4. The van der Waals surface area contributed by atoms with Crippen molar-refractivity contribution in [3.05, 3.63) is 28.7 Å². The minimum atomic E-state index is -0.233. The normalized spacial score (nSPS) is 11.4. The molecule has 7 heteroatoms. The molecule has 0 bridgehead atoms. The number of nitrogens with one attached hydrogen (secondary N) is 1. The first-order chi connectivity index (χ1) is 9.91. The van der Waals surface area contributed by atoms with Crippen LogP contribution in [0.25, 0.3) is 11.4 Å². The Balaban J connectivity index is 2.08. The SMILES string of the molecule is CCC(C)(C)NC(=O)Cn1nnc(-c2ccccc2Br)n1. The van der Waals surface area contributed by atoms with Crippen LogP contribution in [0.4, 0.5) is 0 Å². The Morgan fingerprint density at radius 1 is 1.38 bits per heavy atom. The zero-order chi connectivity index (χ0) is 15.5. The van der Waals surface area contributed by atoms with Crippen LogP contribution in [0, 0.1) is 0 Å². The topological polar surface area (TPSA) is 72.7 Å². The summed E-state index contributed by atoms with van der Waals surface area (Å²) in [6.07, 6.45) is 0.853. The summed E-state index contributed by atoms with van der Waals surface area (Å²) in [6, 6.07) is 7.62. The molecule has 2 aromatic rings. The summed E-state index contributed by atoms with van der Waals surface area (Å²) in [5.74, 6) is 0.364. The van der Waals surface area contributed by atoms with Crippen LogP contribution in [0.15, 0.2) is 28.7 Å². The molecule has 1 aromatic heterocycles. The van der Waals surface area contributed by atoms with E-state index in [0.29, 0.717) is 5.82 Å². The lowest BCUT2D eigenvalue weighted by molar-refractivity contribution is -0.123. The van der Waals surface area contributed by atoms with Crippen molar-refractivity contribution in [2.24, 2.45) is 0 Å². The number of carbonyl (C=O) groups excluding carboxylic acids is 1. The van der Waals surface area contributed by atoms with E-state index >= 15 is 0 Å². The highest BCUT2D eigenvalue weighted by atomic mass is 79.9. The molecule has 0 aliphatic carbocycles. The zero-order valence-electron chi connectivity index (χ0n) is 12.3. The largest absolute Gasteiger partial charge is 0.350 e. The van der Waals surface area contributed by atoms with Gasteiger partial charge in [0.15, 0.2) is 0 Å². The maximum Gasteiger partial charge on any atom is 0.244 e. The van der Waals surface area contributed by atoms with Crippen LogP contribution in [0.5, 0.6) is 0 Å². The van der Waals surface area contributed by atoms with E-state index in [1.165, 1.54) is 4.80 Å². The lowest BCUT2D eigenvalue weighted by Gasteiger charge is -2.24. The van der Waals surface area contributed by atoms with Gasteiger partial charge < -0.3 is 5.32 Å². The van der Waals surface area contributed by atoms with Gasteiger partial charge in [-0.1, -0.05) is 35.0 Å². The molecule has 0 fully saturated rings. The Morgan fingerprint density at radius 3 is 2.76 bits per heavy atom. The van der Waals surface area contributed by atoms with Gasteiger partial charge in [0.05, 0.1) is 0 Å². The van der Waals surface area contributed by atoms with Crippen LogP contribution < -0.4 is 5.32 Å². The number of aromatic nitrogens is 4. The number of halogens is 1. The van der Waals surface area contributed by atoms with Gasteiger partial charge in [0, 0.05) is 15.6 Å². The van der Waals surface area contributed by atoms with Crippen molar-refractivity contribution in [2.45, 2.75) is 39.3 Å². The highest BCUT2D eigenvalue weighted by molar-refractivity contribution is 9.10. The second-order valence-electron chi connectivity index (χ2n) is 5.41. The van der Waals surface area contributed by atoms with Crippen molar-refractivity contribution >= 4 is 21.8 Å². The number of hydrogen-bond donors (Lipinski definition) is 1. The summed E-state index contributed by atoms with van der Waals surface area (Å²) in [7, 11) is 0. The summed E-state index contributed by atoms with van der Waals surface area (Å²) in [5.41, 5.74) is 0.612. The average Bonchev–Trinajstić information content (AvgIpc) is 2.86. The molecule has 0 atom stereocenters. The van der Waals surface area contributed by atoms with Gasteiger partial charge in [0.2, 0.25) is 11.7 Å². The second-order valence-corrected chi connectivity index (χ2v) is 6.26. The fraction of sp³-hybridized carbons (Fsp3) is 0.429. The molecule has 21 heavy (non-hydrogen) atoms. The lowest BCUT2D eigenvalue weighted by Crippen LogP contribution is -2.44. The number of rotatable bonds is 5. The molecule has 0 unspecified atom stereocenters. The van der Waals surface area contributed by atoms with Crippen LogP contribution in [0.2, 0.25) is 0 Å². The van der Waals surface area contributed by atoms with E-state index in [0.717, 1.165) is 16.5 Å². The minimum Gasteiger partial charge on any atom is -0.350 e. The molecule has 0 saturated heterocycles. The van der Waals surface area contributed by atoms with E-state index in [-0.39, 0.29) is 18.0 Å². The van der Waals surface area contributed by atoms with Gasteiger partial charge in [-0.2, -0.15) is 4.80 Å². The standard InChI is InChI=1S/C14H18BrN5O/c1-4-14(2,3)16-12(21)9-20-18-13(17-19-20)10-7-5-6-8-11(10)15/h5-8H,4,9H2,1-3H3,(H,16,21). The van der Waals surface area contributed by atoms with E-state index < -0.39 is 0 Å². The van der Waals surface area contributed by atoms with Gasteiger partial charge in [0.25, 0.3) is 0 Å². The van der Waals surface area contributed by atoms with E-state index in [2.05, 4.69) is 36.7 Å². The van der Waals surface area contributed by atoms with Crippen LogP contribution in [-0.4, -0.2) is 31.7 Å². The fourth-order valence-electron chi connectivity index (χ4n) is 1.69. The van der Waals surface area contributed by atoms with E-state index in [9.17, 15) is 4.79 Å². The van der Waals surface area contributed by atoms with Crippen LogP contribution >= 0.6 is 15.9 Å². The van der Waals surface area contributed by atoms with E-state index in [1.54, 1.807) is 0 Å². The molecule has 2 rings (SSSR count). The van der Waals surface area contributed by atoms with Crippen LogP contribution in [-0.2, 0) is 11.3 Å². The van der Waals surface area contributed by atoms with Crippen LogP contribution in [0.3, 0.4) is 0 Å². The molecule has 0 aliphatic heterocycles. The maximum atomic E-state index is 12.0. The third-order valence-corrected chi connectivity index (χ3v) is 3.91. The Kier molecular flexibility index (Phi) is 4.72. The Bertz CT molecular complexity index is 638. The predicted octanol–water partition coefficient (Wildman–Crippen LogP) is 2.41. The molecular formula is C14H18BrN5O. The predicted molar refractivity (Wildman–Crippen MR) is 83.5 cm³/mol. The van der Waals surface area contributed by atoms with Gasteiger partial charge in [0.1, 0.15) is 6.54 Å². The zero-order valence-corrected chi connectivity index (χ0v) is 13.9. The second kappa shape index (κ2) is 6.34. The first-order valence-electron chi connectivity index (χ1n) is 6.75. The molecular weight excluding hydrogens is 334 g/mol. The quantitative estimate of drug-likeness (QED) is 0.897. The molecule has 112 valence electrons. The smallest absolute Gasteiger partial charge is 0.244 e. The van der Waals surface area contributed by atoms with Gasteiger partial charge in [-0.15, -0.1) is 10.2 Å². The highest BCUT2D eigenvalue weighted by Crippen LogP contribution is 2.24. The number of carbonyl (C=O) groups is 1. The number of benzene rings is 1. The fourth-order valence-corrected chi connectivity index (χ4v) is 2.16. The van der Waals surface area contributed by atoms with E-state index in [4.69, 9.17) is 0 Å². The number of amides is 1. The Morgan fingerprint density at radius 2 is 2.10 bits per heavy atom. The molecule has 0 aliphatic rings. The van der Waals surface area contributed by atoms with Crippen molar-refractivity contribution in [3.8, 4) is 11.4 Å². The monoisotopic (exact) mass is 351 g/mol. The Hall–Kier alpha value is -1.76. The maximum absolute atomic E-state index is 12.0. The minimum absolute atomic E-state index is 0.0564. The number of hydrogen-bond acceptors (Lipinski definition) is 4. The van der Waals surface area contributed by atoms with Crippen molar-refractivity contribution in [1.82, 2.24) is 25.5 Å². The van der Waals surface area contributed by atoms with Crippen molar-refractivity contribution in [3.63, 3.8) is 0 Å². The van der Waals surface area contributed by atoms with Gasteiger partial charge in [-0.05, 0) is 37.6 Å². The van der Waals surface area contributed by atoms with Gasteiger partial charge in [-0.25, -0.2) is 0 Å². The molecule has 6 nitrogen and oxygen atoms in total. The summed E-state index contributed by atoms with van der Waals surface area (Å²) >= 11 is 3.45. The summed E-state index contributed by atoms with van der Waals surface area (Å²) in [5, 5.41) is 15.1. The average molecular weight is 352 g/mol.